The number of nitrogens with zero attached hydrogens (tertiary/aromatic N) is 1. The molecule has 2 aromatic rings. The summed E-state index contributed by atoms with van der Waals surface area (Å²) in [6.45, 7) is 5.52. The van der Waals surface area contributed by atoms with Gasteiger partial charge in [-0.2, -0.15) is 0 Å². The van der Waals surface area contributed by atoms with Crippen LogP contribution in [0.25, 0.3) is 0 Å². The van der Waals surface area contributed by atoms with E-state index in [-0.39, 0.29) is 17.9 Å². The van der Waals surface area contributed by atoms with Gasteiger partial charge >= 0.3 is 0 Å². The number of amides is 2. The monoisotopic (exact) mass is 406 g/mol. The van der Waals surface area contributed by atoms with Crippen LogP contribution >= 0.6 is 0 Å². The van der Waals surface area contributed by atoms with E-state index in [0.29, 0.717) is 24.1 Å². The molecular formula is C25H30N2O3. The lowest BCUT2D eigenvalue weighted by molar-refractivity contribution is 0.0691. The Kier molecular flexibility index (Phi) is 6.07. The zero-order valence-corrected chi connectivity index (χ0v) is 17.8. The molecule has 2 amide bonds. The van der Waals surface area contributed by atoms with Crippen LogP contribution in [0.5, 0.6) is 5.75 Å². The van der Waals surface area contributed by atoms with Crippen molar-refractivity contribution in [2.45, 2.75) is 57.5 Å². The number of ether oxygens (including phenoxy) is 1. The highest BCUT2D eigenvalue weighted by atomic mass is 16.5. The smallest absolute Gasteiger partial charge is 0.254 e. The lowest BCUT2D eigenvalue weighted by Gasteiger charge is -2.25. The zero-order valence-electron chi connectivity index (χ0n) is 17.8. The molecule has 0 spiro atoms. The van der Waals surface area contributed by atoms with Gasteiger partial charge in [0.05, 0.1) is 6.04 Å². The molecule has 2 fully saturated rings. The van der Waals surface area contributed by atoms with Crippen LogP contribution in [0.2, 0.25) is 0 Å². The Morgan fingerprint density at radius 1 is 1.00 bits per heavy atom. The molecule has 5 nitrogen and oxygen atoms in total. The summed E-state index contributed by atoms with van der Waals surface area (Å²) in [5.74, 6) is 1.22. The third kappa shape index (κ3) is 4.84. The van der Waals surface area contributed by atoms with E-state index in [1.807, 2.05) is 41.3 Å². The van der Waals surface area contributed by atoms with Gasteiger partial charge in [-0.05, 0) is 73.6 Å². The summed E-state index contributed by atoms with van der Waals surface area (Å²) < 4.78 is 5.96. The summed E-state index contributed by atoms with van der Waals surface area (Å²) in [5, 5.41) is 2.99. The third-order valence-electron chi connectivity index (χ3n) is 5.93. The Morgan fingerprint density at radius 2 is 1.67 bits per heavy atom. The Labute approximate surface area is 178 Å². The van der Waals surface area contributed by atoms with E-state index in [4.69, 9.17) is 4.74 Å². The number of hydrogen-bond acceptors (Lipinski definition) is 3. The van der Waals surface area contributed by atoms with Gasteiger partial charge in [-0.25, -0.2) is 0 Å². The van der Waals surface area contributed by atoms with Crippen molar-refractivity contribution < 1.29 is 14.3 Å². The molecule has 2 aliphatic rings. The number of rotatable bonds is 7. The van der Waals surface area contributed by atoms with Crippen LogP contribution in [-0.4, -0.2) is 41.9 Å². The largest absolute Gasteiger partial charge is 0.491 e. The molecule has 4 rings (SSSR count). The number of nitrogens with one attached hydrogen (secondary N) is 1. The molecule has 30 heavy (non-hydrogen) atoms. The van der Waals surface area contributed by atoms with E-state index in [2.05, 4.69) is 19.2 Å². The fourth-order valence-electron chi connectivity index (χ4n) is 3.84. The average molecular weight is 407 g/mol. The summed E-state index contributed by atoms with van der Waals surface area (Å²) >= 11 is 0. The van der Waals surface area contributed by atoms with E-state index >= 15 is 0 Å². The van der Waals surface area contributed by atoms with Crippen molar-refractivity contribution in [1.29, 1.82) is 0 Å². The molecule has 1 N–H and O–H groups in total. The van der Waals surface area contributed by atoms with Gasteiger partial charge in [-0.1, -0.05) is 26.0 Å². The van der Waals surface area contributed by atoms with E-state index < -0.39 is 0 Å². The van der Waals surface area contributed by atoms with E-state index in [9.17, 15) is 9.59 Å². The molecule has 1 saturated carbocycles. The molecule has 0 radical (unpaired) electrons. The molecule has 1 aliphatic heterocycles. The lowest BCUT2D eigenvalue weighted by Crippen LogP contribution is -2.39. The first-order chi connectivity index (χ1) is 14.5. The quantitative estimate of drug-likeness (QED) is 0.742. The van der Waals surface area contributed by atoms with Crippen LogP contribution in [0, 0.1) is 0 Å². The van der Waals surface area contributed by atoms with Gasteiger partial charge in [0.15, 0.2) is 0 Å². The predicted molar refractivity (Wildman–Crippen MR) is 117 cm³/mol. The SMILES string of the molecule is CC(C)c1ccc(C(=O)N2CCCC2COc2ccc(C(=O)NC3CC3)cc2)cc1. The first kappa shape index (κ1) is 20.5. The normalized spacial score (nSPS) is 18.5. The first-order valence-electron chi connectivity index (χ1n) is 11.0. The molecule has 158 valence electrons. The van der Waals surface area contributed by atoms with Crippen LogP contribution in [0.4, 0.5) is 0 Å². The topological polar surface area (TPSA) is 58.6 Å². The molecular weight excluding hydrogens is 376 g/mol. The number of carbonyl (C=O) groups is 2. The molecule has 1 heterocycles. The number of benzene rings is 2. The fourth-order valence-corrected chi connectivity index (χ4v) is 3.84. The minimum atomic E-state index is -0.0277. The second-order valence-corrected chi connectivity index (χ2v) is 8.65. The van der Waals surface area contributed by atoms with Crippen LogP contribution in [0.1, 0.15) is 71.7 Å². The molecule has 0 aromatic heterocycles. The van der Waals surface area contributed by atoms with Crippen molar-refractivity contribution in [3.63, 3.8) is 0 Å². The molecule has 1 aliphatic carbocycles. The highest BCUT2D eigenvalue weighted by molar-refractivity contribution is 5.95. The molecule has 1 atom stereocenters. The number of likely N-dealkylation sites (tertiary alicyclic amines) is 1. The lowest BCUT2D eigenvalue weighted by atomic mass is 10.0. The summed E-state index contributed by atoms with van der Waals surface area (Å²) in [4.78, 5) is 27.0. The van der Waals surface area contributed by atoms with Crippen LogP contribution in [-0.2, 0) is 0 Å². The Morgan fingerprint density at radius 3 is 2.30 bits per heavy atom. The summed E-state index contributed by atoms with van der Waals surface area (Å²) in [6.07, 6.45) is 4.08. The molecule has 2 aromatic carbocycles. The van der Waals surface area contributed by atoms with Gasteiger partial charge in [0.1, 0.15) is 12.4 Å². The maximum Gasteiger partial charge on any atom is 0.254 e. The summed E-state index contributed by atoms with van der Waals surface area (Å²) in [6, 6.07) is 15.6. The second-order valence-electron chi connectivity index (χ2n) is 8.65. The first-order valence-corrected chi connectivity index (χ1v) is 11.0. The van der Waals surface area contributed by atoms with Crippen LogP contribution in [0.15, 0.2) is 48.5 Å². The molecule has 1 unspecified atom stereocenters. The number of carbonyl (C=O) groups excluding carboxylic acids is 2. The molecule has 0 bridgehead atoms. The van der Waals surface area contributed by atoms with Crippen molar-refractivity contribution in [2.24, 2.45) is 0 Å². The highest BCUT2D eigenvalue weighted by Gasteiger charge is 2.30. The van der Waals surface area contributed by atoms with Gasteiger partial charge in [-0.3, -0.25) is 9.59 Å². The average Bonchev–Trinajstić information content (AvgIpc) is 3.45. The number of hydrogen-bond donors (Lipinski definition) is 1. The van der Waals surface area contributed by atoms with Crippen LogP contribution in [0.3, 0.4) is 0 Å². The van der Waals surface area contributed by atoms with Crippen molar-refractivity contribution in [3.8, 4) is 5.75 Å². The standard InChI is InChI=1S/C25H30N2O3/c1-17(2)18-5-7-20(8-6-18)25(29)27-15-3-4-22(27)16-30-23-13-9-19(10-14-23)24(28)26-21-11-12-21/h5-10,13-14,17,21-22H,3-4,11-12,15-16H2,1-2H3,(H,26,28). The Bertz CT molecular complexity index is 886. The maximum absolute atomic E-state index is 13.0. The minimum Gasteiger partial charge on any atom is -0.491 e. The Hall–Kier alpha value is -2.82. The minimum absolute atomic E-state index is 0.0277. The van der Waals surface area contributed by atoms with E-state index in [0.717, 1.165) is 43.5 Å². The van der Waals surface area contributed by atoms with E-state index in [1.165, 1.54) is 5.56 Å². The van der Waals surface area contributed by atoms with Crippen molar-refractivity contribution >= 4 is 11.8 Å². The van der Waals surface area contributed by atoms with Gasteiger partial charge in [0, 0.05) is 23.7 Å². The van der Waals surface area contributed by atoms with Gasteiger partial charge in [0.25, 0.3) is 11.8 Å². The Balaban J connectivity index is 1.33. The fraction of sp³-hybridized carbons (Fsp3) is 0.440. The predicted octanol–water partition coefficient (Wildman–Crippen LogP) is 4.39. The molecule has 5 heteroatoms. The summed E-state index contributed by atoms with van der Waals surface area (Å²) in [5.41, 5.74) is 2.62. The van der Waals surface area contributed by atoms with E-state index in [1.54, 1.807) is 12.1 Å². The van der Waals surface area contributed by atoms with Gasteiger partial charge in [-0.15, -0.1) is 0 Å². The summed E-state index contributed by atoms with van der Waals surface area (Å²) in [7, 11) is 0. The van der Waals surface area contributed by atoms with Crippen molar-refractivity contribution in [1.82, 2.24) is 10.2 Å². The van der Waals surface area contributed by atoms with Crippen molar-refractivity contribution in [2.75, 3.05) is 13.2 Å². The second kappa shape index (κ2) is 8.90. The zero-order chi connectivity index (χ0) is 21.1. The van der Waals surface area contributed by atoms with Gasteiger partial charge in [0.2, 0.25) is 0 Å². The van der Waals surface area contributed by atoms with Crippen LogP contribution < -0.4 is 10.1 Å². The third-order valence-corrected chi connectivity index (χ3v) is 5.93. The maximum atomic E-state index is 13.0. The van der Waals surface area contributed by atoms with Crippen molar-refractivity contribution in [3.05, 3.63) is 65.2 Å². The van der Waals surface area contributed by atoms with Gasteiger partial charge < -0.3 is 15.0 Å². The molecule has 1 saturated heterocycles. The highest BCUT2D eigenvalue weighted by Crippen LogP contribution is 2.24.